The van der Waals surface area contributed by atoms with Crippen LogP contribution in [0.2, 0.25) is 0 Å². The highest BCUT2D eigenvalue weighted by Gasteiger charge is 2.15. The van der Waals surface area contributed by atoms with Crippen molar-refractivity contribution in [2.45, 2.75) is 19.6 Å². The molecule has 4 nitrogen and oxygen atoms in total. The first-order chi connectivity index (χ1) is 7.66. The number of ether oxygens (including phenoxy) is 2. The molecule has 0 fully saturated rings. The molecule has 88 valence electrons. The summed E-state index contributed by atoms with van der Waals surface area (Å²) in [7, 11) is 0. The van der Waals surface area contributed by atoms with E-state index in [1.54, 1.807) is 6.92 Å². The van der Waals surface area contributed by atoms with Gasteiger partial charge in [-0.2, -0.15) is 0 Å². The van der Waals surface area contributed by atoms with Gasteiger partial charge in [0.05, 0.1) is 6.10 Å². The number of aliphatic hydroxyl groups is 1. The lowest BCUT2D eigenvalue weighted by atomic mass is 10.2. The van der Waals surface area contributed by atoms with E-state index in [1.807, 2.05) is 12.1 Å². The SMILES string of the molecule is C[C@@H](O)CNCc1cc2c(cc1Br)OCO2. The van der Waals surface area contributed by atoms with Crippen LogP contribution in [0.25, 0.3) is 0 Å². The number of nitrogens with one attached hydrogen (secondary N) is 1. The molecule has 0 unspecified atom stereocenters. The molecule has 0 saturated heterocycles. The Morgan fingerprint density at radius 2 is 2.12 bits per heavy atom. The molecule has 1 aliphatic rings. The maximum absolute atomic E-state index is 9.14. The summed E-state index contributed by atoms with van der Waals surface area (Å²) >= 11 is 3.48. The summed E-state index contributed by atoms with van der Waals surface area (Å²) in [4.78, 5) is 0. The molecule has 0 radical (unpaired) electrons. The first-order valence-corrected chi connectivity index (χ1v) is 5.93. The summed E-state index contributed by atoms with van der Waals surface area (Å²) in [5.74, 6) is 1.54. The number of halogens is 1. The van der Waals surface area contributed by atoms with E-state index in [1.165, 1.54) is 0 Å². The smallest absolute Gasteiger partial charge is 0.231 e. The highest BCUT2D eigenvalue weighted by atomic mass is 79.9. The van der Waals surface area contributed by atoms with E-state index >= 15 is 0 Å². The number of benzene rings is 1. The zero-order valence-corrected chi connectivity index (χ0v) is 10.6. The summed E-state index contributed by atoms with van der Waals surface area (Å²) in [5.41, 5.74) is 1.09. The molecule has 0 aliphatic carbocycles. The predicted molar refractivity (Wildman–Crippen MR) is 63.7 cm³/mol. The molecule has 1 heterocycles. The van der Waals surface area contributed by atoms with Gasteiger partial charge in [0, 0.05) is 17.6 Å². The average Bonchev–Trinajstić information content (AvgIpc) is 2.64. The molecular formula is C11H14BrNO3. The largest absolute Gasteiger partial charge is 0.454 e. The van der Waals surface area contributed by atoms with Crippen LogP contribution in [0.4, 0.5) is 0 Å². The third-order valence-corrected chi connectivity index (χ3v) is 3.04. The van der Waals surface area contributed by atoms with Gasteiger partial charge in [0.25, 0.3) is 0 Å². The number of fused-ring (bicyclic) bond motifs is 1. The summed E-state index contributed by atoms with van der Waals surface area (Å²) in [6.07, 6.45) is -0.340. The van der Waals surface area contributed by atoms with Crippen LogP contribution in [0.1, 0.15) is 12.5 Å². The van der Waals surface area contributed by atoms with Gasteiger partial charge >= 0.3 is 0 Å². The van der Waals surface area contributed by atoms with Crippen LogP contribution in [0.5, 0.6) is 11.5 Å². The topological polar surface area (TPSA) is 50.7 Å². The molecule has 0 bridgehead atoms. The Hall–Kier alpha value is -0.780. The van der Waals surface area contributed by atoms with Crippen molar-refractivity contribution < 1.29 is 14.6 Å². The maximum Gasteiger partial charge on any atom is 0.231 e. The van der Waals surface area contributed by atoms with Crippen molar-refractivity contribution in [1.29, 1.82) is 0 Å². The van der Waals surface area contributed by atoms with Crippen LogP contribution < -0.4 is 14.8 Å². The molecule has 0 spiro atoms. The molecule has 2 N–H and O–H groups in total. The Balaban J connectivity index is 2.04. The molecular weight excluding hydrogens is 274 g/mol. The Morgan fingerprint density at radius 3 is 2.81 bits per heavy atom. The molecule has 2 rings (SSSR count). The van der Waals surface area contributed by atoms with Crippen molar-refractivity contribution in [1.82, 2.24) is 5.32 Å². The minimum absolute atomic E-state index is 0.284. The highest BCUT2D eigenvalue weighted by molar-refractivity contribution is 9.10. The second-order valence-electron chi connectivity index (χ2n) is 3.78. The van der Waals surface area contributed by atoms with Crippen LogP contribution in [0.3, 0.4) is 0 Å². The summed E-state index contributed by atoms with van der Waals surface area (Å²) in [6, 6.07) is 3.85. The van der Waals surface area contributed by atoms with Crippen LogP contribution in [-0.2, 0) is 6.54 Å². The minimum atomic E-state index is -0.340. The van der Waals surface area contributed by atoms with Gasteiger partial charge < -0.3 is 19.9 Å². The number of hydrogen-bond donors (Lipinski definition) is 2. The number of aliphatic hydroxyl groups excluding tert-OH is 1. The minimum Gasteiger partial charge on any atom is -0.454 e. The zero-order valence-electron chi connectivity index (χ0n) is 9.00. The van der Waals surface area contributed by atoms with E-state index in [0.717, 1.165) is 21.5 Å². The quantitative estimate of drug-likeness (QED) is 0.884. The third kappa shape index (κ3) is 2.66. The van der Waals surface area contributed by atoms with Crippen LogP contribution in [-0.4, -0.2) is 24.5 Å². The second kappa shape index (κ2) is 5.03. The fourth-order valence-corrected chi connectivity index (χ4v) is 1.97. The fraction of sp³-hybridized carbons (Fsp3) is 0.455. The van der Waals surface area contributed by atoms with Gasteiger partial charge in [-0.05, 0) is 24.6 Å². The Kier molecular flexibility index (Phi) is 3.68. The van der Waals surface area contributed by atoms with Crippen LogP contribution in [0.15, 0.2) is 16.6 Å². The Bertz CT molecular complexity index is 382. The molecule has 16 heavy (non-hydrogen) atoms. The van der Waals surface area contributed by atoms with E-state index in [2.05, 4.69) is 21.2 Å². The van der Waals surface area contributed by atoms with Gasteiger partial charge in [-0.25, -0.2) is 0 Å². The van der Waals surface area contributed by atoms with E-state index in [9.17, 15) is 0 Å². The van der Waals surface area contributed by atoms with Gasteiger partial charge in [-0.1, -0.05) is 15.9 Å². The van der Waals surface area contributed by atoms with Crippen LogP contribution in [0, 0.1) is 0 Å². The lowest BCUT2D eigenvalue weighted by Crippen LogP contribution is -2.23. The van der Waals surface area contributed by atoms with Crippen molar-refractivity contribution in [3.8, 4) is 11.5 Å². The van der Waals surface area contributed by atoms with E-state index < -0.39 is 0 Å². The van der Waals surface area contributed by atoms with Gasteiger partial charge in [-0.15, -0.1) is 0 Å². The van der Waals surface area contributed by atoms with Crippen molar-refractivity contribution >= 4 is 15.9 Å². The number of hydrogen-bond acceptors (Lipinski definition) is 4. The monoisotopic (exact) mass is 287 g/mol. The van der Waals surface area contributed by atoms with Gasteiger partial charge in [-0.3, -0.25) is 0 Å². The number of rotatable bonds is 4. The lowest BCUT2D eigenvalue weighted by Gasteiger charge is -2.09. The van der Waals surface area contributed by atoms with E-state index in [0.29, 0.717) is 13.1 Å². The normalized spacial score (nSPS) is 15.2. The molecule has 1 atom stereocenters. The predicted octanol–water partition coefficient (Wildman–Crippen LogP) is 1.65. The first-order valence-electron chi connectivity index (χ1n) is 5.13. The summed E-state index contributed by atoms with van der Waals surface area (Å²) in [6.45, 7) is 3.29. The molecule has 1 aliphatic heterocycles. The van der Waals surface area contributed by atoms with Crippen molar-refractivity contribution in [2.75, 3.05) is 13.3 Å². The van der Waals surface area contributed by atoms with Gasteiger partial charge in [0.15, 0.2) is 11.5 Å². The zero-order chi connectivity index (χ0) is 11.5. The van der Waals surface area contributed by atoms with Gasteiger partial charge in [0.1, 0.15) is 0 Å². The Morgan fingerprint density at radius 1 is 1.44 bits per heavy atom. The average molecular weight is 288 g/mol. The van der Waals surface area contributed by atoms with Crippen molar-refractivity contribution in [3.63, 3.8) is 0 Å². The van der Waals surface area contributed by atoms with E-state index in [4.69, 9.17) is 14.6 Å². The molecule has 5 heteroatoms. The standard InChI is InChI=1S/C11H14BrNO3/c1-7(14)4-13-5-8-2-10-11(3-9(8)12)16-6-15-10/h2-3,7,13-14H,4-6H2,1H3/t7-/m1/s1. The summed E-state index contributed by atoms with van der Waals surface area (Å²) < 4.78 is 11.5. The Labute approximate surface area is 103 Å². The highest BCUT2D eigenvalue weighted by Crippen LogP contribution is 2.36. The van der Waals surface area contributed by atoms with E-state index in [-0.39, 0.29) is 12.9 Å². The molecule has 1 aromatic rings. The van der Waals surface area contributed by atoms with Crippen molar-refractivity contribution in [3.05, 3.63) is 22.2 Å². The second-order valence-corrected chi connectivity index (χ2v) is 4.63. The first kappa shape index (κ1) is 11.7. The molecule has 0 amide bonds. The lowest BCUT2D eigenvalue weighted by molar-refractivity contribution is 0.174. The maximum atomic E-state index is 9.14. The third-order valence-electron chi connectivity index (χ3n) is 2.30. The molecule has 0 aromatic heterocycles. The molecule has 0 saturated carbocycles. The fourth-order valence-electron chi connectivity index (χ4n) is 1.51. The molecule has 1 aromatic carbocycles. The van der Waals surface area contributed by atoms with Crippen LogP contribution >= 0.6 is 15.9 Å². The van der Waals surface area contributed by atoms with Gasteiger partial charge in [0.2, 0.25) is 6.79 Å². The van der Waals surface area contributed by atoms with Crippen molar-refractivity contribution in [2.24, 2.45) is 0 Å². The summed E-state index contributed by atoms with van der Waals surface area (Å²) in [5, 5.41) is 12.3.